The van der Waals surface area contributed by atoms with Gasteiger partial charge in [-0.1, -0.05) is 30.3 Å². The van der Waals surface area contributed by atoms with Crippen LogP contribution < -0.4 is 0 Å². The molecule has 0 radical (unpaired) electrons. The normalized spacial score (nSPS) is 11.4. The van der Waals surface area contributed by atoms with Crippen molar-refractivity contribution in [1.82, 2.24) is 0 Å². The van der Waals surface area contributed by atoms with Crippen molar-refractivity contribution in [2.24, 2.45) is 0 Å². The Hall–Kier alpha value is -1.82. The van der Waals surface area contributed by atoms with Gasteiger partial charge in [0.2, 0.25) is 0 Å². The first-order chi connectivity index (χ1) is 9.02. The number of rotatable bonds is 0. The quantitative estimate of drug-likeness (QED) is 0.458. The van der Waals surface area contributed by atoms with Crippen molar-refractivity contribution in [3.8, 4) is 0 Å². The van der Waals surface area contributed by atoms with E-state index in [0.717, 1.165) is 0 Å². The zero-order valence-electron chi connectivity index (χ0n) is 12.4. The lowest BCUT2D eigenvalue weighted by Gasteiger charge is -2.17. The molecule has 0 nitrogen and oxygen atoms in total. The third-order valence-electron chi connectivity index (χ3n) is 4.42. The molecule has 0 spiro atoms. The SMILES string of the molecule is Cc1cccc2c(C)c3c(C)ccc(C)c3c(C)c12. The smallest absolute Gasteiger partial charge is 0.0114 e. The van der Waals surface area contributed by atoms with E-state index in [4.69, 9.17) is 0 Å². The molecule has 0 heterocycles. The van der Waals surface area contributed by atoms with Crippen LogP contribution in [0, 0.1) is 34.6 Å². The number of fused-ring (bicyclic) bond motifs is 2. The van der Waals surface area contributed by atoms with Crippen LogP contribution in [0.1, 0.15) is 27.8 Å². The Morgan fingerprint density at radius 1 is 0.526 bits per heavy atom. The fourth-order valence-electron chi connectivity index (χ4n) is 3.52. The van der Waals surface area contributed by atoms with Gasteiger partial charge in [0.1, 0.15) is 0 Å². The van der Waals surface area contributed by atoms with E-state index < -0.39 is 0 Å². The minimum atomic E-state index is 1.38. The molecule has 0 amide bonds. The maximum Gasteiger partial charge on any atom is -0.0114 e. The average molecular weight is 248 g/mol. The molecule has 0 fully saturated rings. The first-order valence-corrected chi connectivity index (χ1v) is 6.90. The van der Waals surface area contributed by atoms with Crippen molar-refractivity contribution in [2.45, 2.75) is 34.6 Å². The van der Waals surface area contributed by atoms with Crippen molar-refractivity contribution in [3.63, 3.8) is 0 Å². The Bertz CT molecular complexity index is 807. The molecule has 3 rings (SSSR count). The van der Waals surface area contributed by atoms with E-state index in [2.05, 4.69) is 65.0 Å². The van der Waals surface area contributed by atoms with Crippen LogP contribution in [0.25, 0.3) is 21.5 Å². The van der Waals surface area contributed by atoms with Gasteiger partial charge in [0, 0.05) is 0 Å². The number of benzene rings is 3. The summed E-state index contributed by atoms with van der Waals surface area (Å²) in [6, 6.07) is 11.1. The van der Waals surface area contributed by atoms with Gasteiger partial charge in [0.25, 0.3) is 0 Å². The van der Waals surface area contributed by atoms with E-state index in [0.29, 0.717) is 0 Å². The molecule has 3 aromatic rings. The van der Waals surface area contributed by atoms with Gasteiger partial charge in [-0.2, -0.15) is 0 Å². The summed E-state index contributed by atoms with van der Waals surface area (Å²) in [5.74, 6) is 0. The molecule has 0 aliphatic heterocycles. The maximum absolute atomic E-state index is 2.27. The lowest BCUT2D eigenvalue weighted by atomic mass is 9.87. The Kier molecular flexibility index (Phi) is 2.63. The highest BCUT2D eigenvalue weighted by Gasteiger charge is 2.13. The summed E-state index contributed by atoms with van der Waals surface area (Å²) in [5.41, 5.74) is 6.98. The highest BCUT2D eigenvalue weighted by molar-refractivity contribution is 6.08. The van der Waals surface area contributed by atoms with Gasteiger partial charge < -0.3 is 0 Å². The fraction of sp³-hybridized carbons (Fsp3) is 0.263. The monoisotopic (exact) mass is 248 g/mol. The highest BCUT2D eigenvalue weighted by Crippen LogP contribution is 2.36. The van der Waals surface area contributed by atoms with E-state index in [1.807, 2.05) is 0 Å². The van der Waals surface area contributed by atoms with Crippen LogP contribution in [0.15, 0.2) is 30.3 Å². The van der Waals surface area contributed by atoms with Gasteiger partial charge in [0.05, 0.1) is 0 Å². The third kappa shape index (κ3) is 1.59. The molecule has 0 bridgehead atoms. The highest BCUT2D eigenvalue weighted by atomic mass is 14.2. The van der Waals surface area contributed by atoms with E-state index in [1.54, 1.807) is 0 Å². The van der Waals surface area contributed by atoms with Crippen LogP contribution in [-0.2, 0) is 0 Å². The second kappa shape index (κ2) is 4.09. The summed E-state index contributed by atoms with van der Waals surface area (Å²) >= 11 is 0. The van der Waals surface area contributed by atoms with Crippen molar-refractivity contribution in [1.29, 1.82) is 0 Å². The second-order valence-electron chi connectivity index (χ2n) is 5.70. The Morgan fingerprint density at radius 3 is 1.68 bits per heavy atom. The topological polar surface area (TPSA) is 0 Å². The molecule has 96 valence electrons. The van der Waals surface area contributed by atoms with E-state index >= 15 is 0 Å². The van der Waals surface area contributed by atoms with Gasteiger partial charge in [-0.15, -0.1) is 0 Å². The van der Waals surface area contributed by atoms with Gasteiger partial charge in [0.15, 0.2) is 0 Å². The Balaban J connectivity index is 2.74. The van der Waals surface area contributed by atoms with Crippen LogP contribution in [-0.4, -0.2) is 0 Å². The largest absolute Gasteiger partial charge is 0.0614 e. The van der Waals surface area contributed by atoms with Crippen molar-refractivity contribution in [2.75, 3.05) is 0 Å². The van der Waals surface area contributed by atoms with Crippen LogP contribution in [0.2, 0.25) is 0 Å². The number of hydrogen-bond acceptors (Lipinski definition) is 0. The standard InChI is InChI=1S/C19H20/c1-11-7-6-8-16-14(4)18-12(2)9-10-13(3)19(18)15(5)17(11)16/h6-10H,1-5H3. The lowest BCUT2D eigenvalue weighted by molar-refractivity contribution is 1.40. The molecule has 0 aromatic heterocycles. The number of aryl methyl sites for hydroxylation is 5. The molecule has 0 saturated carbocycles. The number of hydrogen-bond donors (Lipinski definition) is 0. The molecule has 0 aliphatic rings. The van der Waals surface area contributed by atoms with Crippen molar-refractivity contribution < 1.29 is 0 Å². The summed E-state index contributed by atoms with van der Waals surface area (Å²) in [4.78, 5) is 0. The molecule has 0 unspecified atom stereocenters. The molecule has 3 aromatic carbocycles. The van der Waals surface area contributed by atoms with E-state index in [-0.39, 0.29) is 0 Å². The van der Waals surface area contributed by atoms with Crippen LogP contribution >= 0.6 is 0 Å². The molecule has 0 aliphatic carbocycles. The van der Waals surface area contributed by atoms with Gasteiger partial charge in [-0.3, -0.25) is 0 Å². The van der Waals surface area contributed by atoms with Crippen molar-refractivity contribution in [3.05, 3.63) is 58.1 Å². The summed E-state index contributed by atoms with van der Waals surface area (Å²) in [6.07, 6.45) is 0. The van der Waals surface area contributed by atoms with Gasteiger partial charge in [-0.05, 0) is 84.0 Å². The predicted octanol–water partition coefficient (Wildman–Crippen LogP) is 5.54. The Morgan fingerprint density at radius 2 is 1.05 bits per heavy atom. The molecule has 19 heavy (non-hydrogen) atoms. The van der Waals surface area contributed by atoms with Crippen molar-refractivity contribution >= 4 is 21.5 Å². The zero-order chi connectivity index (χ0) is 13.7. The molecular weight excluding hydrogens is 228 g/mol. The van der Waals surface area contributed by atoms with E-state index in [9.17, 15) is 0 Å². The van der Waals surface area contributed by atoms with Gasteiger partial charge >= 0.3 is 0 Å². The summed E-state index contributed by atoms with van der Waals surface area (Å²) in [6.45, 7) is 11.2. The zero-order valence-corrected chi connectivity index (χ0v) is 12.4. The molecule has 0 saturated heterocycles. The molecule has 0 N–H and O–H groups in total. The second-order valence-corrected chi connectivity index (χ2v) is 5.70. The summed E-state index contributed by atoms with van der Waals surface area (Å²) in [7, 11) is 0. The minimum absolute atomic E-state index is 1.38. The fourth-order valence-corrected chi connectivity index (χ4v) is 3.52. The van der Waals surface area contributed by atoms with Gasteiger partial charge in [-0.25, -0.2) is 0 Å². The van der Waals surface area contributed by atoms with Crippen LogP contribution in [0.3, 0.4) is 0 Å². The molecule has 0 heteroatoms. The van der Waals surface area contributed by atoms with Crippen LogP contribution in [0.4, 0.5) is 0 Å². The minimum Gasteiger partial charge on any atom is -0.0614 e. The average Bonchev–Trinajstić information content (AvgIpc) is 2.38. The summed E-state index contributed by atoms with van der Waals surface area (Å²) in [5, 5.41) is 5.72. The maximum atomic E-state index is 2.27. The summed E-state index contributed by atoms with van der Waals surface area (Å²) < 4.78 is 0. The lowest BCUT2D eigenvalue weighted by Crippen LogP contribution is -1.94. The van der Waals surface area contributed by atoms with Crippen LogP contribution in [0.5, 0.6) is 0 Å². The van der Waals surface area contributed by atoms with E-state index in [1.165, 1.54) is 49.4 Å². The Labute approximate surface area is 115 Å². The predicted molar refractivity (Wildman–Crippen MR) is 85.1 cm³/mol. The molecular formula is C19H20. The first-order valence-electron chi connectivity index (χ1n) is 6.90. The first kappa shape index (κ1) is 12.2. The molecule has 0 atom stereocenters. The third-order valence-corrected chi connectivity index (χ3v) is 4.42.